The predicted molar refractivity (Wildman–Crippen MR) is 103 cm³/mol. The van der Waals surface area contributed by atoms with Crippen molar-refractivity contribution in [3.05, 3.63) is 65.5 Å². The van der Waals surface area contributed by atoms with Crippen LogP contribution in [0.2, 0.25) is 0 Å². The van der Waals surface area contributed by atoms with Crippen molar-refractivity contribution in [2.24, 2.45) is 5.73 Å². The van der Waals surface area contributed by atoms with Gasteiger partial charge < -0.3 is 16.2 Å². The molecule has 1 aliphatic carbocycles. The smallest absolute Gasteiger partial charge is 0.185 e. The van der Waals surface area contributed by atoms with Crippen LogP contribution in [0.5, 0.6) is 5.75 Å². The Balaban J connectivity index is 1.63. The number of rotatable bonds is 4. The zero-order chi connectivity index (χ0) is 18.1. The topological polar surface area (TPSA) is 84.1 Å². The molecule has 0 spiro atoms. The molecule has 0 fully saturated rings. The standard InChI is InChI=1S/C21H22N4O/c1-2-13-3-5-14(6-4-13)19-20(26)21(24-12-23-19)25-16-8-9-17-15(11-16)7-10-18(17)22/h3-6,8-9,11-12,18,26H,2,7,10,22H2,1H3,(H,23,24,25). The van der Waals surface area contributed by atoms with Crippen molar-refractivity contribution in [2.75, 3.05) is 5.32 Å². The Labute approximate surface area is 152 Å². The highest BCUT2D eigenvalue weighted by Crippen LogP contribution is 2.35. The fraction of sp³-hybridized carbons (Fsp3) is 0.238. The first-order valence-electron chi connectivity index (χ1n) is 8.94. The third-order valence-electron chi connectivity index (χ3n) is 4.99. The summed E-state index contributed by atoms with van der Waals surface area (Å²) >= 11 is 0. The van der Waals surface area contributed by atoms with Crippen molar-refractivity contribution in [1.82, 2.24) is 9.97 Å². The molecule has 1 unspecified atom stereocenters. The third-order valence-corrected chi connectivity index (χ3v) is 4.99. The van der Waals surface area contributed by atoms with Gasteiger partial charge in [-0.3, -0.25) is 0 Å². The number of aromatic nitrogens is 2. The summed E-state index contributed by atoms with van der Waals surface area (Å²) in [5.41, 5.74) is 12.1. The number of nitrogens with zero attached hydrogens (tertiary/aromatic N) is 2. The van der Waals surface area contributed by atoms with Crippen molar-refractivity contribution in [3.63, 3.8) is 0 Å². The SMILES string of the molecule is CCc1ccc(-c2ncnc(Nc3ccc4c(c3)CCC4N)c2O)cc1. The number of nitrogens with one attached hydrogen (secondary N) is 1. The van der Waals surface area contributed by atoms with Crippen molar-refractivity contribution in [2.45, 2.75) is 32.2 Å². The molecule has 0 aliphatic heterocycles. The van der Waals surface area contributed by atoms with Gasteiger partial charge in [-0.15, -0.1) is 0 Å². The number of benzene rings is 2. The van der Waals surface area contributed by atoms with Crippen molar-refractivity contribution in [1.29, 1.82) is 0 Å². The molecule has 1 atom stereocenters. The first-order valence-corrected chi connectivity index (χ1v) is 8.94. The molecular formula is C21H22N4O. The molecule has 1 heterocycles. The van der Waals surface area contributed by atoms with Gasteiger partial charge in [0.05, 0.1) is 0 Å². The monoisotopic (exact) mass is 346 g/mol. The van der Waals surface area contributed by atoms with Crippen LogP contribution in [0.25, 0.3) is 11.3 Å². The maximum atomic E-state index is 10.7. The second kappa shape index (κ2) is 6.77. The van der Waals surface area contributed by atoms with E-state index in [1.54, 1.807) is 0 Å². The summed E-state index contributed by atoms with van der Waals surface area (Å²) in [4.78, 5) is 8.46. The third kappa shape index (κ3) is 3.02. The van der Waals surface area contributed by atoms with E-state index in [2.05, 4.69) is 34.3 Å². The number of aromatic hydroxyl groups is 1. The molecule has 1 aliphatic rings. The molecule has 4 N–H and O–H groups in total. The van der Waals surface area contributed by atoms with Crippen molar-refractivity contribution >= 4 is 11.5 Å². The number of aryl methyl sites for hydroxylation is 2. The van der Waals surface area contributed by atoms with Crippen LogP contribution in [-0.2, 0) is 12.8 Å². The van der Waals surface area contributed by atoms with Crippen LogP contribution in [0, 0.1) is 0 Å². The van der Waals surface area contributed by atoms with E-state index in [4.69, 9.17) is 5.73 Å². The van der Waals surface area contributed by atoms with E-state index in [-0.39, 0.29) is 11.8 Å². The molecule has 1 aromatic heterocycles. The van der Waals surface area contributed by atoms with Crippen LogP contribution in [0.4, 0.5) is 11.5 Å². The highest BCUT2D eigenvalue weighted by atomic mass is 16.3. The van der Waals surface area contributed by atoms with Crippen molar-refractivity contribution < 1.29 is 5.11 Å². The van der Waals surface area contributed by atoms with E-state index in [9.17, 15) is 5.11 Å². The van der Waals surface area contributed by atoms with Crippen LogP contribution in [0.1, 0.15) is 36.1 Å². The minimum absolute atomic E-state index is 0.0500. The van der Waals surface area contributed by atoms with E-state index in [0.717, 1.165) is 30.5 Å². The highest BCUT2D eigenvalue weighted by molar-refractivity contribution is 5.75. The number of hydrogen-bond acceptors (Lipinski definition) is 5. The van der Waals surface area contributed by atoms with E-state index < -0.39 is 0 Å². The van der Waals surface area contributed by atoms with Gasteiger partial charge in [-0.05, 0) is 48.1 Å². The summed E-state index contributed by atoms with van der Waals surface area (Å²) in [6.45, 7) is 2.11. The lowest BCUT2D eigenvalue weighted by Gasteiger charge is -2.12. The molecule has 0 saturated heterocycles. The van der Waals surface area contributed by atoms with Gasteiger partial charge >= 0.3 is 0 Å². The molecular weight excluding hydrogens is 324 g/mol. The first-order chi connectivity index (χ1) is 12.7. The number of nitrogens with two attached hydrogens (primary N) is 1. The summed E-state index contributed by atoms with van der Waals surface area (Å²) in [7, 11) is 0. The van der Waals surface area contributed by atoms with E-state index in [1.807, 2.05) is 30.3 Å². The van der Waals surface area contributed by atoms with Crippen LogP contribution >= 0.6 is 0 Å². The van der Waals surface area contributed by atoms with Crippen LogP contribution in [0.3, 0.4) is 0 Å². The van der Waals surface area contributed by atoms with Crippen LogP contribution < -0.4 is 11.1 Å². The fourth-order valence-corrected chi connectivity index (χ4v) is 3.44. The van der Waals surface area contributed by atoms with E-state index >= 15 is 0 Å². The summed E-state index contributed by atoms with van der Waals surface area (Å²) < 4.78 is 0. The lowest BCUT2D eigenvalue weighted by Crippen LogP contribution is -2.05. The maximum Gasteiger partial charge on any atom is 0.185 e. The summed E-state index contributed by atoms with van der Waals surface area (Å²) in [6, 6.07) is 14.3. The van der Waals surface area contributed by atoms with Gasteiger partial charge in [-0.1, -0.05) is 37.3 Å². The molecule has 3 aromatic rings. The van der Waals surface area contributed by atoms with Gasteiger partial charge in [-0.25, -0.2) is 9.97 Å². The van der Waals surface area contributed by atoms with Gasteiger partial charge in [0.2, 0.25) is 0 Å². The van der Waals surface area contributed by atoms with Crippen molar-refractivity contribution in [3.8, 4) is 17.0 Å². The predicted octanol–water partition coefficient (Wildman–Crippen LogP) is 4.10. The zero-order valence-electron chi connectivity index (χ0n) is 14.7. The Morgan fingerprint density at radius 3 is 2.73 bits per heavy atom. The van der Waals surface area contributed by atoms with Crippen LogP contribution in [-0.4, -0.2) is 15.1 Å². The molecule has 132 valence electrons. The molecule has 5 heteroatoms. The van der Waals surface area contributed by atoms with Gasteiger partial charge in [0.1, 0.15) is 12.0 Å². The highest BCUT2D eigenvalue weighted by Gasteiger charge is 2.19. The first kappa shape index (κ1) is 16.5. The molecule has 0 bridgehead atoms. The minimum Gasteiger partial charge on any atom is -0.503 e. The van der Waals surface area contributed by atoms with E-state index in [1.165, 1.54) is 23.0 Å². The Morgan fingerprint density at radius 2 is 1.96 bits per heavy atom. The maximum absolute atomic E-state index is 10.7. The fourth-order valence-electron chi connectivity index (χ4n) is 3.44. The molecule has 0 amide bonds. The number of hydrogen-bond donors (Lipinski definition) is 3. The molecule has 26 heavy (non-hydrogen) atoms. The summed E-state index contributed by atoms with van der Waals surface area (Å²) in [6.07, 6.45) is 4.41. The zero-order valence-corrected chi connectivity index (χ0v) is 14.7. The Morgan fingerprint density at radius 1 is 1.15 bits per heavy atom. The number of anilines is 2. The Kier molecular flexibility index (Phi) is 4.31. The minimum atomic E-state index is 0.0500. The van der Waals surface area contributed by atoms with Crippen LogP contribution in [0.15, 0.2) is 48.8 Å². The average molecular weight is 346 g/mol. The second-order valence-electron chi connectivity index (χ2n) is 6.65. The van der Waals surface area contributed by atoms with Gasteiger partial charge in [0.15, 0.2) is 11.6 Å². The quantitative estimate of drug-likeness (QED) is 0.662. The molecule has 0 saturated carbocycles. The second-order valence-corrected chi connectivity index (χ2v) is 6.65. The molecule has 4 rings (SSSR count). The summed E-state index contributed by atoms with van der Waals surface area (Å²) in [5.74, 6) is 0.450. The van der Waals surface area contributed by atoms with Gasteiger partial charge in [0.25, 0.3) is 0 Å². The molecule has 2 aromatic carbocycles. The number of fused-ring (bicyclic) bond motifs is 1. The largest absolute Gasteiger partial charge is 0.503 e. The normalized spacial score (nSPS) is 15.7. The lowest BCUT2D eigenvalue weighted by molar-refractivity contribution is 0.475. The van der Waals surface area contributed by atoms with Gasteiger partial charge in [0, 0.05) is 17.3 Å². The molecule has 0 radical (unpaired) electrons. The summed E-state index contributed by atoms with van der Waals surface area (Å²) in [5, 5.41) is 13.9. The Hall–Kier alpha value is -2.92. The molecule has 5 nitrogen and oxygen atoms in total. The van der Waals surface area contributed by atoms with Gasteiger partial charge in [-0.2, -0.15) is 0 Å². The average Bonchev–Trinajstić information content (AvgIpc) is 3.04. The van der Waals surface area contributed by atoms with E-state index in [0.29, 0.717) is 11.5 Å². The Bertz CT molecular complexity index is 937. The lowest BCUT2D eigenvalue weighted by atomic mass is 10.1.